The predicted molar refractivity (Wildman–Crippen MR) is 76.7 cm³/mol. The number of aliphatic hydroxyl groups is 1. The number of carbonyl (C=O) groups is 1. The molecule has 6 nitrogen and oxygen atoms in total. The summed E-state index contributed by atoms with van der Waals surface area (Å²) in [4.78, 5) is 20.1. The van der Waals surface area contributed by atoms with Crippen molar-refractivity contribution < 1.29 is 9.90 Å². The number of hydrogen-bond acceptors (Lipinski definition) is 6. The van der Waals surface area contributed by atoms with Gasteiger partial charge in [0.1, 0.15) is 5.76 Å². The van der Waals surface area contributed by atoms with Gasteiger partial charge in [-0.05, 0) is 25.8 Å². The summed E-state index contributed by atoms with van der Waals surface area (Å²) in [7, 11) is 0. The number of ketones is 1. The highest BCUT2D eigenvalue weighted by Crippen LogP contribution is 2.23. The molecule has 2 rings (SSSR count). The molecule has 20 heavy (non-hydrogen) atoms. The monoisotopic (exact) mass is 274 g/mol. The fourth-order valence-corrected chi connectivity index (χ4v) is 2.18. The molecule has 0 fully saturated rings. The van der Waals surface area contributed by atoms with Gasteiger partial charge in [0.25, 0.3) is 0 Å². The second kappa shape index (κ2) is 5.81. The van der Waals surface area contributed by atoms with E-state index in [9.17, 15) is 9.90 Å². The van der Waals surface area contributed by atoms with Gasteiger partial charge < -0.3 is 5.11 Å². The smallest absolute Gasteiger partial charge is 0.243 e. The number of allylic oxidation sites excluding steroid dienone is 2. The minimum Gasteiger partial charge on any atom is -0.511 e. The Kier molecular flexibility index (Phi) is 4.12. The summed E-state index contributed by atoms with van der Waals surface area (Å²) in [6.07, 6.45) is 2.28. The van der Waals surface area contributed by atoms with E-state index in [1.807, 2.05) is 26.8 Å². The Morgan fingerprint density at radius 2 is 2.00 bits per heavy atom. The molecular weight excluding hydrogens is 256 g/mol. The first kappa shape index (κ1) is 14.2. The molecule has 1 unspecified atom stereocenters. The Morgan fingerprint density at radius 3 is 2.60 bits per heavy atom. The zero-order chi connectivity index (χ0) is 14.7. The van der Waals surface area contributed by atoms with Crippen molar-refractivity contribution >= 4 is 17.9 Å². The van der Waals surface area contributed by atoms with Crippen molar-refractivity contribution in [2.24, 2.45) is 11.0 Å². The SMILES string of the molecule is Cc1cc(C)nc(N/N=C/C2=C(O)CC(C)CC2=O)n1. The number of anilines is 1. The minimum absolute atomic E-state index is 0.0897. The van der Waals surface area contributed by atoms with Gasteiger partial charge in [0, 0.05) is 24.2 Å². The van der Waals surface area contributed by atoms with Gasteiger partial charge >= 0.3 is 0 Å². The highest BCUT2D eigenvalue weighted by molar-refractivity contribution is 6.14. The molecule has 1 heterocycles. The summed E-state index contributed by atoms with van der Waals surface area (Å²) >= 11 is 0. The molecule has 0 aromatic carbocycles. The largest absolute Gasteiger partial charge is 0.511 e. The molecule has 106 valence electrons. The molecule has 0 saturated heterocycles. The van der Waals surface area contributed by atoms with Gasteiger partial charge in [0.05, 0.1) is 11.8 Å². The lowest BCUT2D eigenvalue weighted by Crippen LogP contribution is -2.18. The second-order valence-corrected chi connectivity index (χ2v) is 5.14. The van der Waals surface area contributed by atoms with E-state index in [0.29, 0.717) is 18.8 Å². The van der Waals surface area contributed by atoms with E-state index in [0.717, 1.165) is 11.4 Å². The van der Waals surface area contributed by atoms with Crippen LogP contribution in [0.3, 0.4) is 0 Å². The zero-order valence-corrected chi connectivity index (χ0v) is 11.8. The lowest BCUT2D eigenvalue weighted by molar-refractivity contribution is -0.116. The van der Waals surface area contributed by atoms with Crippen LogP contribution >= 0.6 is 0 Å². The van der Waals surface area contributed by atoms with Crippen LogP contribution in [0.1, 0.15) is 31.2 Å². The normalized spacial score (nSPS) is 19.8. The van der Waals surface area contributed by atoms with Gasteiger partial charge in [-0.1, -0.05) is 6.92 Å². The maximum absolute atomic E-state index is 11.8. The Morgan fingerprint density at radius 1 is 1.35 bits per heavy atom. The van der Waals surface area contributed by atoms with E-state index >= 15 is 0 Å². The number of hydrazone groups is 1. The molecule has 0 saturated carbocycles. The highest BCUT2D eigenvalue weighted by atomic mass is 16.3. The standard InChI is InChI=1S/C14H18N4O2/c1-8-4-12(19)11(13(20)5-8)7-15-18-14-16-9(2)6-10(3)17-14/h6-8,19H,4-5H2,1-3H3,(H,16,17,18)/b15-7+. The third-order valence-corrected chi connectivity index (χ3v) is 3.03. The van der Waals surface area contributed by atoms with Crippen molar-refractivity contribution in [1.29, 1.82) is 0 Å². The van der Waals surface area contributed by atoms with Crippen LogP contribution in [0.2, 0.25) is 0 Å². The van der Waals surface area contributed by atoms with Crippen LogP contribution in [-0.2, 0) is 4.79 Å². The van der Waals surface area contributed by atoms with E-state index < -0.39 is 0 Å². The van der Waals surface area contributed by atoms with Crippen molar-refractivity contribution in [3.05, 3.63) is 28.8 Å². The molecule has 1 atom stereocenters. The minimum atomic E-state index is -0.0897. The maximum atomic E-state index is 11.8. The summed E-state index contributed by atoms with van der Waals surface area (Å²) in [5.41, 5.74) is 4.61. The van der Waals surface area contributed by atoms with Gasteiger partial charge in [-0.15, -0.1) is 0 Å². The lowest BCUT2D eigenvalue weighted by Gasteiger charge is -2.17. The number of nitrogens with one attached hydrogen (secondary N) is 1. The van der Waals surface area contributed by atoms with Crippen LogP contribution in [0.4, 0.5) is 5.95 Å². The molecule has 1 aromatic rings. The molecule has 1 aromatic heterocycles. The fourth-order valence-electron chi connectivity index (χ4n) is 2.18. The van der Waals surface area contributed by atoms with Crippen molar-refractivity contribution in [2.45, 2.75) is 33.6 Å². The Labute approximate surface area is 117 Å². The van der Waals surface area contributed by atoms with Crippen LogP contribution < -0.4 is 5.43 Å². The predicted octanol–water partition coefficient (Wildman–Crippen LogP) is 2.30. The number of Topliss-reactive ketones (excluding diaryl/α,β-unsaturated/α-hetero) is 1. The van der Waals surface area contributed by atoms with E-state index in [4.69, 9.17) is 0 Å². The molecule has 0 bridgehead atoms. The molecule has 0 radical (unpaired) electrons. The van der Waals surface area contributed by atoms with Crippen molar-refractivity contribution in [1.82, 2.24) is 9.97 Å². The first-order chi connectivity index (χ1) is 9.45. The molecule has 0 aliphatic heterocycles. The van der Waals surface area contributed by atoms with Crippen molar-refractivity contribution in [3.8, 4) is 0 Å². The third kappa shape index (κ3) is 3.40. The Balaban J connectivity index is 2.10. The average Bonchev–Trinajstić information content (AvgIpc) is 2.31. The van der Waals surface area contributed by atoms with Crippen LogP contribution in [0.5, 0.6) is 0 Å². The number of aromatic nitrogens is 2. The number of rotatable bonds is 3. The molecule has 2 N–H and O–H groups in total. The molecule has 0 amide bonds. The van der Waals surface area contributed by atoms with Crippen LogP contribution in [-0.4, -0.2) is 27.1 Å². The van der Waals surface area contributed by atoms with Crippen molar-refractivity contribution in [3.63, 3.8) is 0 Å². The quantitative estimate of drug-likeness (QED) is 0.652. The first-order valence-corrected chi connectivity index (χ1v) is 6.52. The number of aliphatic hydroxyl groups excluding tert-OH is 1. The highest BCUT2D eigenvalue weighted by Gasteiger charge is 2.23. The number of carbonyl (C=O) groups excluding carboxylic acids is 1. The van der Waals surface area contributed by atoms with Crippen LogP contribution in [0.25, 0.3) is 0 Å². The van der Waals surface area contributed by atoms with E-state index in [2.05, 4.69) is 20.5 Å². The van der Waals surface area contributed by atoms with E-state index in [-0.39, 0.29) is 23.0 Å². The number of nitrogens with zero attached hydrogens (tertiary/aromatic N) is 3. The summed E-state index contributed by atoms with van der Waals surface area (Å²) in [6, 6.07) is 1.86. The molecular formula is C14H18N4O2. The van der Waals surface area contributed by atoms with Gasteiger partial charge in [0.2, 0.25) is 5.95 Å². The van der Waals surface area contributed by atoms with Gasteiger partial charge in [-0.25, -0.2) is 15.4 Å². The lowest BCUT2D eigenvalue weighted by atomic mass is 9.89. The number of hydrogen-bond donors (Lipinski definition) is 2. The summed E-state index contributed by atoms with van der Waals surface area (Å²) in [6.45, 7) is 5.66. The van der Waals surface area contributed by atoms with Crippen molar-refractivity contribution in [2.75, 3.05) is 5.43 Å². The maximum Gasteiger partial charge on any atom is 0.243 e. The molecule has 0 spiro atoms. The summed E-state index contributed by atoms with van der Waals surface area (Å²) in [5, 5.41) is 13.7. The van der Waals surface area contributed by atoms with E-state index in [1.165, 1.54) is 6.21 Å². The topological polar surface area (TPSA) is 87.5 Å². The average molecular weight is 274 g/mol. The van der Waals surface area contributed by atoms with Crippen LogP contribution in [0, 0.1) is 19.8 Å². The molecule has 1 aliphatic rings. The van der Waals surface area contributed by atoms with E-state index in [1.54, 1.807) is 0 Å². The summed E-state index contributed by atoms with van der Waals surface area (Å²) in [5.74, 6) is 0.555. The first-order valence-electron chi connectivity index (χ1n) is 6.52. The Hall–Kier alpha value is -2.24. The summed E-state index contributed by atoms with van der Waals surface area (Å²) < 4.78 is 0. The van der Waals surface area contributed by atoms with Gasteiger partial charge in [0.15, 0.2) is 5.78 Å². The second-order valence-electron chi connectivity index (χ2n) is 5.14. The Bertz CT molecular complexity index is 573. The zero-order valence-electron chi connectivity index (χ0n) is 11.8. The van der Waals surface area contributed by atoms with Crippen LogP contribution in [0.15, 0.2) is 22.5 Å². The third-order valence-electron chi connectivity index (χ3n) is 3.03. The molecule has 6 heteroatoms. The van der Waals surface area contributed by atoms with Gasteiger partial charge in [-0.2, -0.15) is 5.10 Å². The molecule has 1 aliphatic carbocycles. The van der Waals surface area contributed by atoms with Gasteiger partial charge in [-0.3, -0.25) is 4.79 Å². The fraction of sp³-hybridized carbons (Fsp3) is 0.429. The number of aryl methyl sites for hydroxylation is 2.